The number of anilines is 1. The summed E-state index contributed by atoms with van der Waals surface area (Å²) in [5.41, 5.74) is -1.52. The maximum atomic E-state index is 14.1. The van der Waals surface area contributed by atoms with E-state index in [2.05, 4.69) is 0 Å². The first-order valence-electron chi connectivity index (χ1n) is 11.0. The molecule has 8 heteroatoms. The maximum Gasteiger partial charge on any atom is 0.146 e. The average Bonchev–Trinajstić information content (AvgIpc) is 2.95. The molecule has 2 fully saturated rings. The van der Waals surface area contributed by atoms with Crippen molar-refractivity contribution >= 4 is 17.3 Å². The number of halogens is 2. The van der Waals surface area contributed by atoms with E-state index in [-0.39, 0.29) is 19.0 Å². The standard InChI is InChI=1S/C24H30ClFN2O4/c25-19-5-7-20(8-6-19)32-18-24(30)16-27(13-14-31-17-24)15-23(29)9-11-28(12-10-23)22-4-2-1-3-21(22)26/h1-8,29-30H,9-18H2/t24-/m1/s1. The molecule has 4 rings (SSSR count). The van der Waals surface area contributed by atoms with Crippen molar-refractivity contribution in [2.45, 2.75) is 24.0 Å². The Morgan fingerprint density at radius 1 is 1.00 bits per heavy atom. The molecule has 2 aromatic carbocycles. The second kappa shape index (κ2) is 9.93. The van der Waals surface area contributed by atoms with Crippen LogP contribution in [-0.2, 0) is 4.74 Å². The van der Waals surface area contributed by atoms with E-state index in [9.17, 15) is 14.6 Å². The highest BCUT2D eigenvalue weighted by atomic mass is 35.5. The monoisotopic (exact) mass is 464 g/mol. The van der Waals surface area contributed by atoms with Crippen LogP contribution in [0.4, 0.5) is 10.1 Å². The highest BCUT2D eigenvalue weighted by molar-refractivity contribution is 6.30. The van der Waals surface area contributed by atoms with Gasteiger partial charge in [0.1, 0.15) is 23.8 Å². The third-order valence-electron chi connectivity index (χ3n) is 6.17. The normalized spacial score (nSPS) is 24.2. The zero-order valence-corrected chi connectivity index (χ0v) is 18.8. The number of para-hydroxylation sites is 1. The van der Waals surface area contributed by atoms with Crippen LogP contribution in [0.2, 0.25) is 5.02 Å². The molecular weight excluding hydrogens is 435 g/mol. The van der Waals surface area contributed by atoms with Crippen LogP contribution >= 0.6 is 11.6 Å². The lowest BCUT2D eigenvalue weighted by Gasteiger charge is -2.42. The lowest BCUT2D eigenvalue weighted by molar-refractivity contribution is -0.0742. The second-order valence-corrected chi connectivity index (χ2v) is 9.33. The molecule has 2 saturated heterocycles. The fraction of sp³-hybridized carbons (Fsp3) is 0.500. The summed E-state index contributed by atoms with van der Waals surface area (Å²) < 4.78 is 25.5. The van der Waals surface area contributed by atoms with Gasteiger partial charge in [0.25, 0.3) is 0 Å². The number of piperidine rings is 1. The first-order valence-corrected chi connectivity index (χ1v) is 11.3. The number of benzene rings is 2. The molecule has 0 saturated carbocycles. The van der Waals surface area contributed by atoms with E-state index in [4.69, 9.17) is 21.1 Å². The summed E-state index contributed by atoms with van der Waals surface area (Å²) in [6.45, 7) is 3.23. The molecule has 0 unspecified atom stereocenters. The lowest BCUT2D eigenvalue weighted by atomic mass is 9.90. The SMILES string of the molecule is OC1(CN2CCOC[C@@](O)(COc3ccc(Cl)cc3)C2)CCN(c2ccccc2F)CC1. The molecule has 1 atom stereocenters. The van der Waals surface area contributed by atoms with Crippen molar-refractivity contribution in [2.75, 3.05) is 57.4 Å². The summed E-state index contributed by atoms with van der Waals surface area (Å²) in [6, 6.07) is 13.7. The minimum atomic E-state index is -1.19. The van der Waals surface area contributed by atoms with Crippen molar-refractivity contribution < 1.29 is 24.1 Å². The molecular formula is C24H30ClFN2O4. The lowest BCUT2D eigenvalue weighted by Crippen LogP contribution is -2.55. The Balaban J connectivity index is 1.33. The Hall–Kier alpha value is -1.90. The van der Waals surface area contributed by atoms with Crippen LogP contribution in [-0.4, -0.2) is 78.9 Å². The number of hydrogen-bond donors (Lipinski definition) is 2. The predicted molar refractivity (Wildman–Crippen MR) is 122 cm³/mol. The zero-order chi connectivity index (χ0) is 22.6. The number of aliphatic hydroxyl groups is 2. The molecule has 32 heavy (non-hydrogen) atoms. The highest BCUT2D eigenvalue weighted by Crippen LogP contribution is 2.29. The van der Waals surface area contributed by atoms with Crippen LogP contribution in [0.5, 0.6) is 5.75 Å². The van der Waals surface area contributed by atoms with Gasteiger partial charge in [0.15, 0.2) is 0 Å². The van der Waals surface area contributed by atoms with Crippen molar-refractivity contribution in [1.82, 2.24) is 4.90 Å². The van der Waals surface area contributed by atoms with E-state index >= 15 is 0 Å². The largest absolute Gasteiger partial charge is 0.490 e. The molecule has 2 aliphatic rings. The number of hydrogen-bond acceptors (Lipinski definition) is 6. The molecule has 0 bridgehead atoms. The third-order valence-corrected chi connectivity index (χ3v) is 6.42. The van der Waals surface area contributed by atoms with E-state index in [1.54, 1.807) is 36.4 Å². The molecule has 2 heterocycles. The van der Waals surface area contributed by atoms with E-state index in [1.165, 1.54) is 6.07 Å². The van der Waals surface area contributed by atoms with Crippen LogP contribution in [0, 0.1) is 5.82 Å². The van der Waals surface area contributed by atoms with Crippen molar-refractivity contribution in [3.63, 3.8) is 0 Å². The molecule has 2 aromatic rings. The molecule has 0 amide bonds. The summed E-state index contributed by atoms with van der Waals surface area (Å²) in [4.78, 5) is 4.02. The van der Waals surface area contributed by atoms with Gasteiger partial charge in [-0.15, -0.1) is 0 Å². The van der Waals surface area contributed by atoms with Gasteiger partial charge in [0.05, 0.1) is 24.5 Å². The fourth-order valence-corrected chi connectivity index (χ4v) is 4.54. The molecule has 0 aromatic heterocycles. The van der Waals surface area contributed by atoms with E-state index in [0.717, 1.165) is 0 Å². The maximum absolute atomic E-state index is 14.1. The Labute approximate surface area is 193 Å². The third kappa shape index (κ3) is 5.91. The molecule has 2 N–H and O–H groups in total. The van der Waals surface area contributed by atoms with Crippen molar-refractivity contribution in [1.29, 1.82) is 0 Å². The van der Waals surface area contributed by atoms with Crippen LogP contribution < -0.4 is 9.64 Å². The zero-order valence-electron chi connectivity index (χ0n) is 18.1. The summed E-state index contributed by atoms with van der Waals surface area (Å²) in [7, 11) is 0. The smallest absolute Gasteiger partial charge is 0.146 e. The number of ether oxygens (including phenoxy) is 2. The Morgan fingerprint density at radius 3 is 2.44 bits per heavy atom. The van der Waals surface area contributed by atoms with Crippen LogP contribution in [0.15, 0.2) is 48.5 Å². The van der Waals surface area contributed by atoms with Crippen molar-refractivity contribution in [3.05, 3.63) is 59.4 Å². The highest BCUT2D eigenvalue weighted by Gasteiger charge is 2.39. The topological polar surface area (TPSA) is 65.4 Å². The first kappa shape index (κ1) is 23.3. The Bertz CT molecular complexity index is 892. The van der Waals surface area contributed by atoms with Gasteiger partial charge in [-0.3, -0.25) is 4.90 Å². The first-order chi connectivity index (χ1) is 15.3. The molecule has 0 radical (unpaired) electrons. The van der Waals surface area contributed by atoms with E-state index in [0.29, 0.717) is 68.6 Å². The molecule has 0 spiro atoms. The van der Waals surface area contributed by atoms with Crippen molar-refractivity contribution in [2.24, 2.45) is 0 Å². The summed E-state index contributed by atoms with van der Waals surface area (Å²) in [6.07, 6.45) is 1.05. The Kier molecular flexibility index (Phi) is 7.22. The van der Waals surface area contributed by atoms with Crippen molar-refractivity contribution in [3.8, 4) is 5.75 Å². The second-order valence-electron chi connectivity index (χ2n) is 8.89. The van der Waals surface area contributed by atoms with Crippen LogP contribution in [0.1, 0.15) is 12.8 Å². The summed E-state index contributed by atoms with van der Waals surface area (Å²) in [5.74, 6) is 0.381. The van der Waals surface area contributed by atoms with Gasteiger partial charge >= 0.3 is 0 Å². The average molecular weight is 465 g/mol. The van der Waals surface area contributed by atoms with Crippen LogP contribution in [0.25, 0.3) is 0 Å². The molecule has 0 aliphatic carbocycles. The van der Waals surface area contributed by atoms with Gasteiger partial charge in [-0.25, -0.2) is 4.39 Å². The molecule has 6 nitrogen and oxygen atoms in total. The van der Waals surface area contributed by atoms with Gasteiger partial charge in [0.2, 0.25) is 0 Å². The van der Waals surface area contributed by atoms with Gasteiger partial charge in [-0.2, -0.15) is 0 Å². The summed E-state index contributed by atoms with van der Waals surface area (Å²) >= 11 is 5.91. The summed E-state index contributed by atoms with van der Waals surface area (Å²) in [5, 5.41) is 23.0. The number of nitrogens with zero attached hydrogens (tertiary/aromatic N) is 2. The molecule has 2 aliphatic heterocycles. The fourth-order valence-electron chi connectivity index (χ4n) is 4.41. The van der Waals surface area contributed by atoms with Crippen LogP contribution in [0.3, 0.4) is 0 Å². The van der Waals surface area contributed by atoms with Gasteiger partial charge in [0, 0.05) is 37.7 Å². The van der Waals surface area contributed by atoms with Gasteiger partial charge in [-0.05, 0) is 49.2 Å². The Morgan fingerprint density at radius 2 is 1.72 bits per heavy atom. The van der Waals surface area contributed by atoms with Gasteiger partial charge < -0.3 is 24.6 Å². The minimum absolute atomic E-state index is 0.0740. The van der Waals surface area contributed by atoms with E-state index < -0.39 is 11.2 Å². The van der Waals surface area contributed by atoms with E-state index in [1.807, 2.05) is 15.9 Å². The molecule has 174 valence electrons. The number of rotatable bonds is 6. The predicted octanol–water partition coefficient (Wildman–Crippen LogP) is 2.95. The number of β-amino-alcohol motifs (C(OH)–C–C–N with tert-alkyl or cyclic N) is 2. The minimum Gasteiger partial charge on any atom is -0.490 e. The quantitative estimate of drug-likeness (QED) is 0.685. The van der Waals surface area contributed by atoms with Gasteiger partial charge in [-0.1, -0.05) is 23.7 Å².